The maximum absolute atomic E-state index is 12.1. The fourth-order valence-corrected chi connectivity index (χ4v) is 1.10. The van der Waals surface area contributed by atoms with Gasteiger partial charge in [0.25, 0.3) is 6.43 Å². The molecule has 1 amide bonds. The lowest BCUT2D eigenvalue weighted by molar-refractivity contribution is -0.114. The van der Waals surface area contributed by atoms with Gasteiger partial charge in [0.2, 0.25) is 5.91 Å². The Morgan fingerprint density at radius 2 is 2.25 bits per heavy atom. The fourth-order valence-electron chi connectivity index (χ4n) is 1.10. The molecule has 1 heterocycles. The Morgan fingerprint density at radius 1 is 1.62 bits per heavy atom. The number of rotatable bonds is 4. The summed E-state index contributed by atoms with van der Waals surface area (Å²) in [6, 6.07) is 1.02. The summed E-state index contributed by atoms with van der Waals surface area (Å²) in [5.74, 6) is -1.91. The maximum Gasteiger partial charge on any atom is 0.354 e. The van der Waals surface area contributed by atoms with E-state index >= 15 is 0 Å². The van der Waals surface area contributed by atoms with Crippen LogP contribution in [0.1, 0.15) is 17.4 Å². The largest absolute Gasteiger partial charge is 0.477 e. The first-order chi connectivity index (χ1) is 7.40. The summed E-state index contributed by atoms with van der Waals surface area (Å²) in [5.41, 5.74) is -0.399. The third kappa shape index (κ3) is 3.01. The summed E-state index contributed by atoms with van der Waals surface area (Å²) < 4.78 is 24.8. The van der Waals surface area contributed by atoms with Crippen LogP contribution in [-0.2, 0) is 11.3 Å². The van der Waals surface area contributed by atoms with Crippen molar-refractivity contribution in [3.05, 3.63) is 11.8 Å². The molecule has 0 bridgehead atoms. The van der Waals surface area contributed by atoms with Crippen molar-refractivity contribution < 1.29 is 23.5 Å². The molecular formula is C8H9F2N3O3. The van der Waals surface area contributed by atoms with E-state index in [-0.39, 0.29) is 5.82 Å². The van der Waals surface area contributed by atoms with Gasteiger partial charge in [-0.1, -0.05) is 0 Å². The highest BCUT2D eigenvalue weighted by molar-refractivity contribution is 5.91. The van der Waals surface area contributed by atoms with Crippen molar-refractivity contribution in [2.75, 3.05) is 5.32 Å². The number of carbonyl (C=O) groups is 2. The van der Waals surface area contributed by atoms with Crippen LogP contribution < -0.4 is 5.32 Å². The van der Waals surface area contributed by atoms with Crippen LogP contribution in [0.4, 0.5) is 14.6 Å². The van der Waals surface area contributed by atoms with Gasteiger partial charge in [0, 0.05) is 13.0 Å². The molecule has 0 radical (unpaired) electrons. The van der Waals surface area contributed by atoms with Gasteiger partial charge in [0.1, 0.15) is 12.2 Å². The molecule has 16 heavy (non-hydrogen) atoms. The van der Waals surface area contributed by atoms with Gasteiger partial charge in [-0.25, -0.2) is 13.6 Å². The van der Waals surface area contributed by atoms with E-state index < -0.39 is 30.5 Å². The van der Waals surface area contributed by atoms with Crippen LogP contribution in [0.5, 0.6) is 0 Å². The second-order valence-corrected chi connectivity index (χ2v) is 2.97. The number of hydrogen-bond donors (Lipinski definition) is 2. The van der Waals surface area contributed by atoms with Gasteiger partial charge in [0.15, 0.2) is 5.82 Å². The van der Waals surface area contributed by atoms with E-state index in [9.17, 15) is 18.4 Å². The predicted molar refractivity (Wildman–Crippen MR) is 49.5 cm³/mol. The molecule has 0 spiro atoms. The van der Waals surface area contributed by atoms with Crippen molar-refractivity contribution in [1.82, 2.24) is 9.78 Å². The summed E-state index contributed by atoms with van der Waals surface area (Å²) in [4.78, 5) is 21.4. The third-order valence-corrected chi connectivity index (χ3v) is 1.61. The van der Waals surface area contributed by atoms with Gasteiger partial charge in [-0.3, -0.25) is 9.48 Å². The van der Waals surface area contributed by atoms with Crippen LogP contribution in [0.2, 0.25) is 0 Å². The number of nitrogens with one attached hydrogen (secondary N) is 1. The van der Waals surface area contributed by atoms with E-state index in [0.29, 0.717) is 4.68 Å². The molecule has 0 atom stereocenters. The van der Waals surface area contributed by atoms with Crippen molar-refractivity contribution in [2.24, 2.45) is 0 Å². The van der Waals surface area contributed by atoms with Crippen LogP contribution in [0, 0.1) is 0 Å². The van der Waals surface area contributed by atoms with E-state index in [4.69, 9.17) is 5.11 Å². The molecule has 1 aromatic heterocycles. The van der Waals surface area contributed by atoms with Crippen LogP contribution in [-0.4, -0.2) is 33.2 Å². The topological polar surface area (TPSA) is 84.2 Å². The Balaban J connectivity index is 3.00. The molecule has 0 saturated heterocycles. The van der Waals surface area contributed by atoms with Gasteiger partial charge in [-0.2, -0.15) is 5.10 Å². The molecule has 6 nitrogen and oxygen atoms in total. The molecule has 0 aliphatic carbocycles. The molecule has 88 valence electrons. The Bertz CT molecular complexity index is 417. The molecule has 0 aromatic carbocycles. The van der Waals surface area contributed by atoms with Gasteiger partial charge < -0.3 is 10.4 Å². The molecule has 8 heteroatoms. The number of halogens is 2. The van der Waals surface area contributed by atoms with E-state index in [1.165, 1.54) is 6.92 Å². The van der Waals surface area contributed by atoms with Crippen molar-refractivity contribution in [2.45, 2.75) is 19.9 Å². The molecule has 0 fully saturated rings. The molecule has 0 saturated carbocycles. The number of aromatic carboxylic acids is 1. The molecule has 1 aromatic rings. The molecular weight excluding hydrogens is 224 g/mol. The lowest BCUT2D eigenvalue weighted by Gasteiger charge is -2.02. The quantitative estimate of drug-likeness (QED) is 0.805. The maximum atomic E-state index is 12.1. The fraction of sp³-hybridized carbons (Fsp3) is 0.375. The third-order valence-electron chi connectivity index (χ3n) is 1.61. The SMILES string of the molecule is CC(=O)Nc1cc(C(=O)O)n(CC(F)F)n1. The van der Waals surface area contributed by atoms with Crippen LogP contribution in [0.3, 0.4) is 0 Å². The summed E-state index contributed by atoms with van der Waals surface area (Å²) in [6.45, 7) is 0.369. The highest BCUT2D eigenvalue weighted by Gasteiger charge is 2.17. The van der Waals surface area contributed by atoms with Crippen molar-refractivity contribution >= 4 is 17.7 Å². The minimum atomic E-state index is -2.72. The highest BCUT2D eigenvalue weighted by atomic mass is 19.3. The average molecular weight is 233 g/mol. The van der Waals surface area contributed by atoms with Gasteiger partial charge >= 0.3 is 5.97 Å². The molecule has 0 aliphatic heterocycles. The summed E-state index contributed by atoms with van der Waals surface area (Å²) >= 11 is 0. The van der Waals surface area contributed by atoms with Crippen LogP contribution in [0.15, 0.2) is 6.07 Å². The molecule has 1 rings (SSSR count). The van der Waals surface area contributed by atoms with Crippen LogP contribution in [0.25, 0.3) is 0 Å². The summed E-state index contributed by atoms with van der Waals surface area (Å²) in [5, 5.41) is 14.5. The zero-order chi connectivity index (χ0) is 12.3. The number of carbonyl (C=O) groups excluding carboxylic acids is 1. The zero-order valence-corrected chi connectivity index (χ0v) is 8.28. The molecule has 0 aliphatic rings. The number of aromatic nitrogens is 2. The number of hydrogen-bond acceptors (Lipinski definition) is 3. The summed E-state index contributed by atoms with van der Waals surface area (Å²) in [6.07, 6.45) is -2.72. The Labute approximate surface area is 88.9 Å². The van der Waals surface area contributed by atoms with Crippen molar-refractivity contribution in [1.29, 1.82) is 0 Å². The van der Waals surface area contributed by atoms with Crippen molar-refractivity contribution in [3.63, 3.8) is 0 Å². The minimum Gasteiger partial charge on any atom is -0.477 e. The minimum absolute atomic E-state index is 0.0643. The Hall–Kier alpha value is -1.99. The standard InChI is InChI=1S/C8H9F2N3O3/c1-4(14)11-7-2-5(8(15)16)13(12-7)3-6(9)10/h2,6H,3H2,1H3,(H,15,16)(H,11,12,14). The van der Waals surface area contributed by atoms with Gasteiger partial charge in [0.05, 0.1) is 0 Å². The lowest BCUT2D eigenvalue weighted by Crippen LogP contribution is -2.15. The highest BCUT2D eigenvalue weighted by Crippen LogP contribution is 2.11. The smallest absolute Gasteiger partial charge is 0.354 e. The van der Waals surface area contributed by atoms with E-state index in [0.717, 1.165) is 6.07 Å². The normalized spacial score (nSPS) is 10.5. The van der Waals surface area contributed by atoms with E-state index in [1.807, 2.05) is 0 Å². The Morgan fingerprint density at radius 3 is 2.69 bits per heavy atom. The van der Waals surface area contributed by atoms with E-state index in [1.54, 1.807) is 0 Å². The van der Waals surface area contributed by atoms with Crippen LogP contribution >= 0.6 is 0 Å². The molecule has 0 unspecified atom stereocenters. The number of anilines is 1. The second-order valence-electron chi connectivity index (χ2n) is 2.97. The number of alkyl halides is 2. The average Bonchev–Trinajstić information content (AvgIpc) is 2.45. The second kappa shape index (κ2) is 4.69. The first-order valence-electron chi connectivity index (χ1n) is 4.27. The van der Waals surface area contributed by atoms with Gasteiger partial charge in [-0.15, -0.1) is 0 Å². The predicted octanol–water partition coefficient (Wildman–Crippen LogP) is 0.805. The number of carboxylic acid groups (broad SMARTS) is 1. The van der Waals surface area contributed by atoms with E-state index in [2.05, 4.69) is 10.4 Å². The molecule has 2 N–H and O–H groups in total. The van der Waals surface area contributed by atoms with Crippen molar-refractivity contribution in [3.8, 4) is 0 Å². The summed E-state index contributed by atoms with van der Waals surface area (Å²) in [7, 11) is 0. The Kier molecular flexibility index (Phi) is 3.54. The first-order valence-corrected chi connectivity index (χ1v) is 4.27. The number of amides is 1. The van der Waals surface area contributed by atoms with Gasteiger partial charge in [-0.05, 0) is 0 Å². The monoisotopic (exact) mass is 233 g/mol. The number of nitrogens with zero attached hydrogens (tertiary/aromatic N) is 2. The zero-order valence-electron chi connectivity index (χ0n) is 8.28. The first kappa shape index (κ1) is 12.1. The number of carboxylic acids is 1. The lowest BCUT2D eigenvalue weighted by atomic mass is 10.4.